The van der Waals surface area contributed by atoms with Gasteiger partial charge < -0.3 is 14.3 Å². The van der Waals surface area contributed by atoms with Gasteiger partial charge in [0, 0.05) is 37.5 Å². The van der Waals surface area contributed by atoms with Crippen LogP contribution in [-0.4, -0.2) is 22.0 Å². The van der Waals surface area contributed by atoms with Gasteiger partial charge in [-0.3, -0.25) is 4.79 Å². The molecule has 0 radical (unpaired) electrons. The summed E-state index contributed by atoms with van der Waals surface area (Å²) in [5.41, 5.74) is 0. The zero-order valence-corrected chi connectivity index (χ0v) is 11.2. The van der Waals surface area contributed by atoms with Gasteiger partial charge in [-0.25, -0.2) is 4.98 Å². The van der Waals surface area contributed by atoms with Gasteiger partial charge in [-0.2, -0.15) is 0 Å². The molecule has 104 valence electrons. The SMILES string of the molecule is O=C(/C=C/c1ccco1)NCCn1ccnc1C1CC1. The Labute approximate surface area is 117 Å². The number of furan rings is 1. The molecule has 0 aromatic carbocycles. The summed E-state index contributed by atoms with van der Waals surface area (Å²) in [5, 5.41) is 2.85. The number of hydrogen-bond acceptors (Lipinski definition) is 3. The lowest BCUT2D eigenvalue weighted by Gasteiger charge is -2.07. The van der Waals surface area contributed by atoms with Gasteiger partial charge >= 0.3 is 0 Å². The molecule has 2 aromatic rings. The van der Waals surface area contributed by atoms with Crippen LogP contribution in [-0.2, 0) is 11.3 Å². The molecular weight excluding hydrogens is 254 g/mol. The van der Waals surface area contributed by atoms with Crippen LogP contribution in [0.5, 0.6) is 0 Å². The van der Waals surface area contributed by atoms with E-state index in [1.165, 1.54) is 18.9 Å². The highest BCUT2D eigenvalue weighted by Crippen LogP contribution is 2.38. The molecule has 1 aliphatic carbocycles. The van der Waals surface area contributed by atoms with Crippen molar-refractivity contribution in [3.8, 4) is 0 Å². The number of amides is 1. The molecule has 0 aliphatic heterocycles. The molecule has 2 heterocycles. The van der Waals surface area contributed by atoms with Crippen molar-refractivity contribution < 1.29 is 9.21 Å². The average molecular weight is 271 g/mol. The predicted molar refractivity (Wildman–Crippen MR) is 75.0 cm³/mol. The number of nitrogens with one attached hydrogen (secondary N) is 1. The second-order valence-corrected chi connectivity index (χ2v) is 4.89. The van der Waals surface area contributed by atoms with Gasteiger partial charge in [0.25, 0.3) is 0 Å². The Balaban J connectivity index is 1.45. The van der Waals surface area contributed by atoms with Crippen molar-refractivity contribution in [2.24, 2.45) is 0 Å². The van der Waals surface area contributed by atoms with Gasteiger partial charge in [0.15, 0.2) is 0 Å². The fourth-order valence-electron chi connectivity index (χ4n) is 2.11. The number of carbonyl (C=O) groups is 1. The van der Waals surface area contributed by atoms with E-state index in [1.54, 1.807) is 24.5 Å². The summed E-state index contributed by atoms with van der Waals surface area (Å²) < 4.78 is 7.24. The number of carbonyl (C=O) groups excluding carboxylic acids is 1. The van der Waals surface area contributed by atoms with Crippen LogP contribution < -0.4 is 5.32 Å². The van der Waals surface area contributed by atoms with E-state index in [9.17, 15) is 4.79 Å². The Hall–Kier alpha value is -2.30. The molecule has 0 spiro atoms. The first-order chi connectivity index (χ1) is 9.83. The highest BCUT2D eigenvalue weighted by Gasteiger charge is 2.27. The van der Waals surface area contributed by atoms with Crippen molar-refractivity contribution in [3.63, 3.8) is 0 Å². The van der Waals surface area contributed by atoms with Crippen LogP contribution >= 0.6 is 0 Å². The molecule has 1 N–H and O–H groups in total. The molecule has 5 heteroatoms. The van der Waals surface area contributed by atoms with Crippen LogP contribution in [0.2, 0.25) is 0 Å². The topological polar surface area (TPSA) is 60.1 Å². The molecular formula is C15H17N3O2. The van der Waals surface area contributed by atoms with E-state index in [0.29, 0.717) is 18.2 Å². The van der Waals surface area contributed by atoms with Gasteiger partial charge in [0.1, 0.15) is 11.6 Å². The van der Waals surface area contributed by atoms with Crippen LogP contribution in [0.15, 0.2) is 41.3 Å². The first-order valence-corrected chi connectivity index (χ1v) is 6.83. The van der Waals surface area contributed by atoms with Crippen molar-refractivity contribution in [3.05, 3.63) is 48.5 Å². The zero-order valence-electron chi connectivity index (χ0n) is 11.2. The minimum absolute atomic E-state index is 0.116. The third-order valence-electron chi connectivity index (χ3n) is 3.28. The van der Waals surface area contributed by atoms with Crippen LogP contribution in [0.4, 0.5) is 0 Å². The third-order valence-corrected chi connectivity index (χ3v) is 3.28. The maximum absolute atomic E-state index is 11.6. The standard InChI is InChI=1S/C15H17N3O2/c19-14(6-5-13-2-1-11-20-13)16-7-9-18-10-8-17-15(18)12-3-4-12/h1-2,5-6,8,10-12H,3-4,7,9H2,(H,16,19)/b6-5+. The second kappa shape index (κ2) is 5.77. The van der Waals surface area contributed by atoms with Gasteiger partial charge in [0.05, 0.1) is 6.26 Å². The van der Waals surface area contributed by atoms with E-state index in [-0.39, 0.29) is 5.91 Å². The van der Waals surface area contributed by atoms with Gasteiger partial charge in [-0.1, -0.05) is 0 Å². The smallest absolute Gasteiger partial charge is 0.244 e. The fraction of sp³-hybridized carbons (Fsp3) is 0.333. The van der Waals surface area contributed by atoms with E-state index in [1.807, 2.05) is 12.4 Å². The maximum atomic E-state index is 11.6. The molecule has 1 aliphatic rings. The largest absolute Gasteiger partial charge is 0.465 e. The highest BCUT2D eigenvalue weighted by atomic mass is 16.3. The van der Waals surface area contributed by atoms with Gasteiger partial charge in [0.2, 0.25) is 5.91 Å². The molecule has 0 unspecified atom stereocenters. The molecule has 1 saturated carbocycles. The summed E-state index contributed by atoms with van der Waals surface area (Å²) >= 11 is 0. The quantitative estimate of drug-likeness (QED) is 0.819. The second-order valence-electron chi connectivity index (χ2n) is 4.89. The molecule has 0 atom stereocenters. The number of imidazole rings is 1. The first-order valence-electron chi connectivity index (χ1n) is 6.83. The lowest BCUT2D eigenvalue weighted by molar-refractivity contribution is -0.116. The molecule has 2 aromatic heterocycles. The third kappa shape index (κ3) is 3.17. The molecule has 20 heavy (non-hydrogen) atoms. The van der Waals surface area contributed by atoms with Crippen LogP contribution in [0.25, 0.3) is 6.08 Å². The van der Waals surface area contributed by atoms with Crippen molar-refractivity contribution in [1.29, 1.82) is 0 Å². The minimum Gasteiger partial charge on any atom is -0.465 e. The first kappa shape index (κ1) is 12.7. The molecule has 0 saturated heterocycles. The van der Waals surface area contributed by atoms with Crippen LogP contribution in [0.3, 0.4) is 0 Å². The number of hydrogen-bond donors (Lipinski definition) is 1. The molecule has 1 amide bonds. The number of aromatic nitrogens is 2. The molecule has 1 fully saturated rings. The lowest BCUT2D eigenvalue weighted by Crippen LogP contribution is -2.25. The normalized spacial score (nSPS) is 14.8. The molecule has 0 bridgehead atoms. The Bertz CT molecular complexity index is 594. The van der Waals surface area contributed by atoms with Crippen molar-refractivity contribution in [1.82, 2.24) is 14.9 Å². The Morgan fingerprint density at radius 2 is 2.45 bits per heavy atom. The average Bonchev–Trinajstić information content (AvgIpc) is 2.98. The van der Waals surface area contributed by atoms with Crippen molar-refractivity contribution in [2.45, 2.75) is 25.3 Å². The Kier molecular flexibility index (Phi) is 3.67. The summed E-state index contributed by atoms with van der Waals surface area (Å²) in [5.74, 6) is 2.32. The minimum atomic E-state index is -0.116. The van der Waals surface area contributed by atoms with Crippen LogP contribution in [0.1, 0.15) is 30.3 Å². The monoisotopic (exact) mass is 271 g/mol. The fourth-order valence-corrected chi connectivity index (χ4v) is 2.11. The van der Waals surface area contributed by atoms with E-state index >= 15 is 0 Å². The molecule has 3 rings (SSSR count). The van der Waals surface area contributed by atoms with E-state index < -0.39 is 0 Å². The Morgan fingerprint density at radius 1 is 1.55 bits per heavy atom. The molecule has 5 nitrogen and oxygen atoms in total. The summed E-state index contributed by atoms with van der Waals surface area (Å²) in [6.45, 7) is 1.35. The van der Waals surface area contributed by atoms with Gasteiger partial charge in [-0.05, 0) is 31.1 Å². The van der Waals surface area contributed by atoms with Crippen molar-refractivity contribution >= 4 is 12.0 Å². The maximum Gasteiger partial charge on any atom is 0.244 e. The summed E-state index contributed by atoms with van der Waals surface area (Å²) in [7, 11) is 0. The lowest BCUT2D eigenvalue weighted by atomic mass is 10.3. The van der Waals surface area contributed by atoms with E-state index in [2.05, 4.69) is 14.9 Å². The highest BCUT2D eigenvalue weighted by molar-refractivity contribution is 5.91. The van der Waals surface area contributed by atoms with Gasteiger partial charge in [-0.15, -0.1) is 0 Å². The zero-order chi connectivity index (χ0) is 13.8. The summed E-state index contributed by atoms with van der Waals surface area (Å²) in [6, 6.07) is 3.59. The van der Waals surface area contributed by atoms with E-state index in [0.717, 1.165) is 12.4 Å². The number of rotatable bonds is 6. The van der Waals surface area contributed by atoms with Crippen LogP contribution in [0, 0.1) is 0 Å². The number of nitrogens with zero attached hydrogens (tertiary/aromatic N) is 2. The Morgan fingerprint density at radius 3 is 3.20 bits per heavy atom. The summed E-state index contributed by atoms with van der Waals surface area (Å²) in [4.78, 5) is 16.0. The predicted octanol–water partition coefficient (Wildman–Crippen LogP) is 2.18. The summed E-state index contributed by atoms with van der Waals surface area (Å²) in [6.07, 6.45) is 11.0. The van der Waals surface area contributed by atoms with Crippen molar-refractivity contribution in [2.75, 3.05) is 6.54 Å². The van der Waals surface area contributed by atoms with E-state index in [4.69, 9.17) is 4.42 Å².